The molecule has 4 rings (SSSR count). The number of anilines is 1. The lowest BCUT2D eigenvalue weighted by Gasteiger charge is -2.33. The van der Waals surface area contributed by atoms with Crippen molar-refractivity contribution in [3.05, 3.63) is 35.9 Å². The number of ether oxygens (including phenoxy) is 1. The molecule has 4 heterocycles. The molecule has 31 heavy (non-hydrogen) atoms. The minimum atomic E-state index is -4.64. The number of aryl methyl sites for hydroxylation is 1. The average molecular weight is 434 g/mol. The van der Waals surface area contributed by atoms with Gasteiger partial charge in [0.25, 0.3) is 5.88 Å². The molecule has 0 aromatic carbocycles. The molecule has 1 amide bonds. The standard InChI is InChI=1S/C20H21F3N6O2/c1-11-8-29-10-15(27-19(31-2)18(29)26-11)13-6-14(20(21,22)23)17(25-7-13)28-5-3-4-12(9-28)16(24)30/h6-8,10,12H,3-5,9H2,1-2H3,(H2,24,30). The van der Waals surface area contributed by atoms with E-state index in [4.69, 9.17) is 10.5 Å². The maximum atomic E-state index is 13.9. The average Bonchev–Trinajstić information content (AvgIpc) is 3.12. The molecule has 1 atom stereocenters. The molecule has 3 aromatic heterocycles. The minimum absolute atomic E-state index is 0.108. The van der Waals surface area contributed by atoms with Crippen molar-refractivity contribution in [3.63, 3.8) is 0 Å². The van der Waals surface area contributed by atoms with Gasteiger partial charge in [0.2, 0.25) is 11.6 Å². The highest BCUT2D eigenvalue weighted by molar-refractivity contribution is 5.77. The number of halogens is 3. The Kier molecular flexibility index (Phi) is 5.19. The summed E-state index contributed by atoms with van der Waals surface area (Å²) in [6.07, 6.45) is 1.13. The summed E-state index contributed by atoms with van der Waals surface area (Å²) in [5, 5.41) is 0. The highest BCUT2D eigenvalue weighted by Gasteiger charge is 2.38. The van der Waals surface area contributed by atoms with E-state index in [-0.39, 0.29) is 29.5 Å². The van der Waals surface area contributed by atoms with E-state index in [1.165, 1.54) is 18.2 Å². The van der Waals surface area contributed by atoms with Crippen LogP contribution in [0.25, 0.3) is 16.9 Å². The van der Waals surface area contributed by atoms with Gasteiger partial charge in [0.05, 0.1) is 30.0 Å². The molecule has 1 fully saturated rings. The van der Waals surface area contributed by atoms with E-state index < -0.39 is 23.6 Å². The maximum Gasteiger partial charge on any atom is 0.419 e. The molecule has 164 valence electrons. The zero-order valence-electron chi connectivity index (χ0n) is 17.0. The van der Waals surface area contributed by atoms with Gasteiger partial charge in [-0.05, 0) is 25.8 Å². The number of hydrogen-bond acceptors (Lipinski definition) is 6. The first-order valence-corrected chi connectivity index (χ1v) is 9.69. The van der Waals surface area contributed by atoms with Gasteiger partial charge in [-0.1, -0.05) is 0 Å². The van der Waals surface area contributed by atoms with Crippen molar-refractivity contribution >= 4 is 17.4 Å². The molecule has 1 unspecified atom stereocenters. The largest absolute Gasteiger partial charge is 0.478 e. The molecule has 11 heteroatoms. The topological polar surface area (TPSA) is 98.6 Å². The van der Waals surface area contributed by atoms with Crippen LogP contribution in [0.15, 0.2) is 24.7 Å². The highest BCUT2D eigenvalue weighted by atomic mass is 19.4. The number of imidazole rings is 1. The third kappa shape index (κ3) is 3.99. The number of methoxy groups -OCH3 is 1. The highest BCUT2D eigenvalue weighted by Crippen LogP contribution is 2.39. The quantitative estimate of drug-likeness (QED) is 0.678. The van der Waals surface area contributed by atoms with E-state index in [0.29, 0.717) is 25.0 Å². The van der Waals surface area contributed by atoms with Gasteiger partial charge >= 0.3 is 6.18 Å². The van der Waals surface area contributed by atoms with E-state index in [1.807, 2.05) is 0 Å². The predicted molar refractivity (Wildman–Crippen MR) is 107 cm³/mol. The summed E-state index contributed by atoms with van der Waals surface area (Å²) < 4.78 is 48.7. The van der Waals surface area contributed by atoms with Crippen LogP contribution in [0.4, 0.5) is 19.0 Å². The summed E-state index contributed by atoms with van der Waals surface area (Å²) in [4.78, 5) is 25.8. The SMILES string of the molecule is COc1nc(-c2cnc(N3CCCC(C(N)=O)C3)c(C(F)(F)F)c2)cn2cc(C)nc12. The second-order valence-corrected chi connectivity index (χ2v) is 7.53. The van der Waals surface area contributed by atoms with Crippen LogP contribution in [0.1, 0.15) is 24.1 Å². The van der Waals surface area contributed by atoms with Crippen LogP contribution in [0.3, 0.4) is 0 Å². The molecular weight excluding hydrogens is 413 g/mol. The zero-order chi connectivity index (χ0) is 22.3. The number of pyridine rings is 1. The number of piperidine rings is 1. The van der Waals surface area contributed by atoms with Crippen molar-refractivity contribution in [2.24, 2.45) is 11.7 Å². The predicted octanol–water partition coefficient (Wildman–Crippen LogP) is 2.83. The van der Waals surface area contributed by atoms with Crippen LogP contribution in [-0.2, 0) is 11.0 Å². The Balaban J connectivity index is 1.79. The fourth-order valence-electron chi connectivity index (χ4n) is 3.83. The van der Waals surface area contributed by atoms with Crippen LogP contribution < -0.4 is 15.4 Å². The van der Waals surface area contributed by atoms with Gasteiger partial charge in [0.15, 0.2) is 0 Å². The number of fused-ring (bicyclic) bond motifs is 1. The van der Waals surface area contributed by atoms with Gasteiger partial charge in [-0.25, -0.2) is 15.0 Å². The van der Waals surface area contributed by atoms with Crippen LogP contribution in [0.2, 0.25) is 0 Å². The summed E-state index contributed by atoms with van der Waals surface area (Å²) in [6, 6.07) is 1.02. The summed E-state index contributed by atoms with van der Waals surface area (Å²) in [5.41, 5.74) is 6.12. The maximum absolute atomic E-state index is 13.9. The van der Waals surface area contributed by atoms with Gasteiger partial charge < -0.3 is 19.8 Å². The molecule has 0 bridgehead atoms. The molecule has 0 aliphatic carbocycles. The fraction of sp³-hybridized carbons (Fsp3) is 0.400. The third-order valence-electron chi connectivity index (χ3n) is 5.31. The Bertz CT molecular complexity index is 1140. The summed E-state index contributed by atoms with van der Waals surface area (Å²) in [6.45, 7) is 2.27. The zero-order valence-corrected chi connectivity index (χ0v) is 17.0. The van der Waals surface area contributed by atoms with E-state index in [1.54, 1.807) is 23.7 Å². The Hall–Kier alpha value is -3.37. The number of hydrogen-bond donors (Lipinski definition) is 1. The molecule has 0 radical (unpaired) electrons. The molecule has 1 saturated heterocycles. The number of rotatable bonds is 4. The van der Waals surface area contributed by atoms with E-state index >= 15 is 0 Å². The summed E-state index contributed by atoms with van der Waals surface area (Å²) in [7, 11) is 1.42. The fourth-order valence-corrected chi connectivity index (χ4v) is 3.83. The Morgan fingerprint density at radius 2 is 2.06 bits per heavy atom. The van der Waals surface area contributed by atoms with Crippen molar-refractivity contribution in [1.29, 1.82) is 0 Å². The van der Waals surface area contributed by atoms with Gasteiger partial charge in [-0.3, -0.25) is 4.79 Å². The summed E-state index contributed by atoms with van der Waals surface area (Å²) >= 11 is 0. The molecule has 0 spiro atoms. The molecule has 0 saturated carbocycles. The number of carbonyl (C=O) groups is 1. The van der Waals surface area contributed by atoms with Crippen LogP contribution in [0, 0.1) is 12.8 Å². The second kappa shape index (κ2) is 7.71. The van der Waals surface area contributed by atoms with Crippen molar-refractivity contribution in [1.82, 2.24) is 19.4 Å². The van der Waals surface area contributed by atoms with Crippen molar-refractivity contribution in [2.75, 3.05) is 25.1 Å². The molecule has 2 N–H and O–H groups in total. The number of primary amides is 1. The van der Waals surface area contributed by atoms with Gasteiger partial charge in [0.1, 0.15) is 5.82 Å². The van der Waals surface area contributed by atoms with Gasteiger partial charge in [-0.2, -0.15) is 13.2 Å². The number of alkyl halides is 3. The van der Waals surface area contributed by atoms with Crippen LogP contribution >= 0.6 is 0 Å². The van der Waals surface area contributed by atoms with Gasteiger partial charge in [0, 0.05) is 37.2 Å². The lowest BCUT2D eigenvalue weighted by atomic mass is 9.97. The first-order valence-electron chi connectivity index (χ1n) is 9.69. The minimum Gasteiger partial charge on any atom is -0.478 e. The molecule has 1 aliphatic heterocycles. The Morgan fingerprint density at radius 3 is 2.74 bits per heavy atom. The first-order chi connectivity index (χ1) is 14.7. The number of aromatic nitrogens is 4. The number of nitrogens with zero attached hydrogens (tertiary/aromatic N) is 5. The van der Waals surface area contributed by atoms with E-state index in [2.05, 4.69) is 15.0 Å². The monoisotopic (exact) mass is 434 g/mol. The van der Waals surface area contributed by atoms with Crippen LogP contribution in [-0.4, -0.2) is 45.5 Å². The lowest BCUT2D eigenvalue weighted by Crippen LogP contribution is -2.42. The van der Waals surface area contributed by atoms with E-state index in [0.717, 1.165) is 11.8 Å². The molecule has 3 aromatic rings. The first kappa shape index (κ1) is 20.9. The van der Waals surface area contributed by atoms with Crippen molar-refractivity contribution in [2.45, 2.75) is 25.9 Å². The van der Waals surface area contributed by atoms with Crippen LogP contribution in [0.5, 0.6) is 5.88 Å². The Morgan fingerprint density at radius 1 is 1.29 bits per heavy atom. The number of carbonyl (C=O) groups excluding carboxylic acids is 1. The smallest absolute Gasteiger partial charge is 0.419 e. The normalized spacial score (nSPS) is 17.2. The van der Waals surface area contributed by atoms with Crippen molar-refractivity contribution < 1.29 is 22.7 Å². The van der Waals surface area contributed by atoms with Crippen molar-refractivity contribution in [3.8, 4) is 17.1 Å². The molecule has 1 aliphatic rings. The Labute approximate surface area is 175 Å². The number of nitrogens with two attached hydrogens (primary N) is 1. The van der Waals surface area contributed by atoms with Gasteiger partial charge in [-0.15, -0.1) is 0 Å². The molecular formula is C20H21F3N6O2. The third-order valence-corrected chi connectivity index (χ3v) is 5.31. The van der Waals surface area contributed by atoms with E-state index in [9.17, 15) is 18.0 Å². The lowest BCUT2D eigenvalue weighted by molar-refractivity contribution is -0.137. The second-order valence-electron chi connectivity index (χ2n) is 7.53. The number of amides is 1. The summed E-state index contributed by atoms with van der Waals surface area (Å²) in [5.74, 6) is -1.04. The molecule has 8 nitrogen and oxygen atoms in total.